The molecule has 0 unspecified atom stereocenters. The number of aromatic nitrogens is 1. The summed E-state index contributed by atoms with van der Waals surface area (Å²) in [6.45, 7) is 3.64. The van der Waals surface area contributed by atoms with E-state index >= 15 is 0 Å². The standard InChI is InChI=1S/C10H11F3N2OS/c1-6(2)17-15-9(16)7-4-3-5-14-8(7)10(11,12)13/h3-6H,1-2H3,(H,15,16). The molecule has 0 saturated carbocycles. The molecule has 3 nitrogen and oxygen atoms in total. The Kier molecular flexibility index (Phi) is 4.39. The predicted molar refractivity (Wildman–Crippen MR) is 59.4 cm³/mol. The smallest absolute Gasteiger partial charge is 0.296 e. The molecule has 0 aliphatic heterocycles. The van der Waals surface area contributed by atoms with Crippen LogP contribution in [0.2, 0.25) is 0 Å². The third-order valence-corrected chi connectivity index (χ3v) is 2.48. The molecule has 1 amide bonds. The molecule has 0 bridgehead atoms. The molecule has 0 fully saturated rings. The summed E-state index contributed by atoms with van der Waals surface area (Å²) in [5.74, 6) is -0.788. The van der Waals surface area contributed by atoms with Crippen LogP contribution in [0, 0.1) is 0 Å². The van der Waals surface area contributed by atoms with Crippen molar-refractivity contribution in [2.45, 2.75) is 25.3 Å². The van der Waals surface area contributed by atoms with Crippen molar-refractivity contribution >= 4 is 17.9 Å². The van der Waals surface area contributed by atoms with Crippen molar-refractivity contribution in [2.24, 2.45) is 0 Å². The highest BCUT2D eigenvalue weighted by Gasteiger charge is 2.36. The fraction of sp³-hybridized carbons (Fsp3) is 0.400. The average Bonchev–Trinajstić information content (AvgIpc) is 2.24. The first-order chi connectivity index (χ1) is 7.82. The van der Waals surface area contributed by atoms with Crippen LogP contribution in [0.25, 0.3) is 0 Å². The van der Waals surface area contributed by atoms with Gasteiger partial charge in [-0.25, -0.2) is 0 Å². The summed E-state index contributed by atoms with van der Waals surface area (Å²) in [4.78, 5) is 14.7. The van der Waals surface area contributed by atoms with Gasteiger partial charge in [-0.3, -0.25) is 14.5 Å². The maximum atomic E-state index is 12.6. The fourth-order valence-electron chi connectivity index (χ4n) is 1.04. The van der Waals surface area contributed by atoms with Gasteiger partial charge < -0.3 is 0 Å². The number of pyridine rings is 1. The first kappa shape index (κ1) is 13.8. The first-order valence-corrected chi connectivity index (χ1v) is 5.68. The van der Waals surface area contributed by atoms with Crippen LogP contribution in [-0.4, -0.2) is 16.1 Å². The molecule has 1 rings (SSSR count). The second-order valence-corrected chi connectivity index (χ2v) is 4.88. The van der Waals surface area contributed by atoms with Gasteiger partial charge in [0.1, 0.15) is 0 Å². The molecule has 17 heavy (non-hydrogen) atoms. The van der Waals surface area contributed by atoms with Gasteiger partial charge in [-0.15, -0.1) is 0 Å². The Labute approximate surface area is 101 Å². The normalized spacial score (nSPS) is 11.6. The topological polar surface area (TPSA) is 42.0 Å². The molecular formula is C10H11F3N2OS. The molecule has 0 aliphatic carbocycles. The molecule has 0 spiro atoms. The molecule has 94 valence electrons. The van der Waals surface area contributed by atoms with Gasteiger partial charge in [0.25, 0.3) is 5.91 Å². The van der Waals surface area contributed by atoms with Gasteiger partial charge in [0.05, 0.1) is 5.56 Å². The van der Waals surface area contributed by atoms with Gasteiger partial charge in [0.15, 0.2) is 5.69 Å². The lowest BCUT2D eigenvalue weighted by molar-refractivity contribution is -0.141. The molecule has 0 radical (unpaired) electrons. The van der Waals surface area contributed by atoms with E-state index in [-0.39, 0.29) is 5.25 Å². The Hall–Kier alpha value is -1.24. The van der Waals surface area contributed by atoms with E-state index in [2.05, 4.69) is 9.71 Å². The largest absolute Gasteiger partial charge is 0.434 e. The maximum absolute atomic E-state index is 12.6. The second-order valence-electron chi connectivity index (χ2n) is 3.50. The lowest BCUT2D eigenvalue weighted by Gasteiger charge is -2.11. The Morgan fingerprint density at radius 2 is 2.12 bits per heavy atom. The van der Waals surface area contributed by atoms with Crippen molar-refractivity contribution in [3.8, 4) is 0 Å². The van der Waals surface area contributed by atoms with E-state index in [1.165, 1.54) is 6.07 Å². The van der Waals surface area contributed by atoms with Crippen LogP contribution in [0.5, 0.6) is 0 Å². The lowest BCUT2D eigenvalue weighted by Crippen LogP contribution is -2.23. The Bertz CT molecular complexity index is 407. The molecule has 1 N–H and O–H groups in total. The molecule has 0 atom stereocenters. The summed E-state index contributed by atoms with van der Waals surface area (Å²) in [5.41, 5.74) is -1.63. The van der Waals surface area contributed by atoms with E-state index in [9.17, 15) is 18.0 Å². The van der Waals surface area contributed by atoms with E-state index < -0.39 is 23.3 Å². The summed E-state index contributed by atoms with van der Waals surface area (Å²) in [6.07, 6.45) is -3.62. The van der Waals surface area contributed by atoms with E-state index in [1.54, 1.807) is 0 Å². The van der Waals surface area contributed by atoms with Crippen LogP contribution >= 0.6 is 11.9 Å². The van der Waals surface area contributed by atoms with Crippen molar-refractivity contribution < 1.29 is 18.0 Å². The maximum Gasteiger partial charge on any atom is 0.434 e. The zero-order valence-electron chi connectivity index (χ0n) is 9.21. The Morgan fingerprint density at radius 1 is 1.47 bits per heavy atom. The highest BCUT2D eigenvalue weighted by atomic mass is 32.2. The van der Waals surface area contributed by atoms with E-state index in [1.807, 2.05) is 13.8 Å². The minimum atomic E-state index is -4.63. The lowest BCUT2D eigenvalue weighted by atomic mass is 10.2. The van der Waals surface area contributed by atoms with Crippen LogP contribution in [0.15, 0.2) is 18.3 Å². The van der Waals surface area contributed by atoms with Gasteiger partial charge in [0, 0.05) is 11.4 Å². The molecule has 0 saturated heterocycles. The molecular weight excluding hydrogens is 253 g/mol. The van der Waals surface area contributed by atoms with Crippen LogP contribution in [0.3, 0.4) is 0 Å². The molecule has 0 aliphatic rings. The van der Waals surface area contributed by atoms with Gasteiger partial charge >= 0.3 is 6.18 Å². The quantitative estimate of drug-likeness (QED) is 0.853. The molecule has 1 aromatic rings. The number of hydrogen-bond donors (Lipinski definition) is 1. The highest BCUT2D eigenvalue weighted by Crippen LogP contribution is 2.30. The summed E-state index contributed by atoms with van der Waals surface area (Å²) in [5, 5.41) is 0.0879. The molecule has 7 heteroatoms. The van der Waals surface area contributed by atoms with Crippen LogP contribution in [-0.2, 0) is 6.18 Å². The Balaban J connectivity index is 2.94. The van der Waals surface area contributed by atoms with Crippen molar-refractivity contribution in [1.82, 2.24) is 9.71 Å². The number of hydrogen-bond acceptors (Lipinski definition) is 3. The minimum absolute atomic E-state index is 0.0879. The van der Waals surface area contributed by atoms with Crippen molar-refractivity contribution in [1.29, 1.82) is 0 Å². The highest BCUT2D eigenvalue weighted by molar-refractivity contribution is 7.98. The van der Waals surface area contributed by atoms with Gasteiger partial charge in [0.2, 0.25) is 0 Å². The second kappa shape index (κ2) is 5.39. The van der Waals surface area contributed by atoms with E-state index in [0.717, 1.165) is 24.2 Å². The fourth-order valence-corrected chi connectivity index (χ4v) is 1.49. The number of amides is 1. The van der Waals surface area contributed by atoms with E-state index in [4.69, 9.17) is 0 Å². The number of carbonyl (C=O) groups is 1. The minimum Gasteiger partial charge on any atom is -0.296 e. The summed E-state index contributed by atoms with van der Waals surface area (Å²) >= 11 is 1.06. The number of alkyl halides is 3. The SMILES string of the molecule is CC(C)SNC(=O)c1cccnc1C(F)(F)F. The predicted octanol–water partition coefficient (Wildman–Crippen LogP) is 2.89. The van der Waals surface area contributed by atoms with Gasteiger partial charge in [-0.1, -0.05) is 13.8 Å². The summed E-state index contributed by atoms with van der Waals surface area (Å²) < 4.78 is 40.0. The zero-order chi connectivity index (χ0) is 13.1. The molecule has 1 heterocycles. The number of rotatable bonds is 3. The van der Waals surface area contributed by atoms with Gasteiger partial charge in [-0.05, 0) is 24.1 Å². The van der Waals surface area contributed by atoms with Crippen molar-refractivity contribution in [2.75, 3.05) is 0 Å². The van der Waals surface area contributed by atoms with Crippen LogP contribution in [0.4, 0.5) is 13.2 Å². The number of halogens is 3. The number of nitrogens with one attached hydrogen (secondary N) is 1. The zero-order valence-corrected chi connectivity index (χ0v) is 10.0. The van der Waals surface area contributed by atoms with Crippen molar-refractivity contribution in [3.63, 3.8) is 0 Å². The Morgan fingerprint density at radius 3 is 2.65 bits per heavy atom. The third-order valence-electron chi connectivity index (χ3n) is 1.71. The number of carbonyl (C=O) groups excluding carboxylic acids is 1. The number of nitrogens with zero attached hydrogens (tertiary/aromatic N) is 1. The molecule has 1 aromatic heterocycles. The van der Waals surface area contributed by atoms with Crippen LogP contribution in [0.1, 0.15) is 29.9 Å². The average molecular weight is 264 g/mol. The monoisotopic (exact) mass is 264 g/mol. The van der Waals surface area contributed by atoms with Crippen molar-refractivity contribution in [3.05, 3.63) is 29.6 Å². The van der Waals surface area contributed by atoms with Crippen LogP contribution < -0.4 is 4.72 Å². The third kappa shape index (κ3) is 3.92. The first-order valence-electron chi connectivity index (χ1n) is 4.80. The van der Waals surface area contributed by atoms with Gasteiger partial charge in [-0.2, -0.15) is 13.2 Å². The summed E-state index contributed by atoms with van der Waals surface area (Å²) in [6, 6.07) is 2.40. The summed E-state index contributed by atoms with van der Waals surface area (Å²) in [7, 11) is 0. The van der Waals surface area contributed by atoms with E-state index in [0.29, 0.717) is 0 Å². The molecule has 0 aromatic carbocycles.